The highest BCUT2D eigenvalue weighted by atomic mass is 16.5. The van der Waals surface area contributed by atoms with E-state index in [1.54, 1.807) is 6.08 Å². The molecule has 0 aromatic carbocycles. The molecule has 1 saturated heterocycles. The lowest BCUT2D eigenvalue weighted by Gasteiger charge is -2.24. The third kappa shape index (κ3) is 1.23. The second kappa shape index (κ2) is 2.72. The number of rotatable bonds is 2. The Kier molecular flexibility index (Phi) is 1.92. The van der Waals surface area contributed by atoms with Crippen molar-refractivity contribution in [2.45, 2.75) is 18.9 Å². The van der Waals surface area contributed by atoms with Gasteiger partial charge in [0, 0.05) is 6.61 Å². The maximum absolute atomic E-state index is 8.20. The summed E-state index contributed by atoms with van der Waals surface area (Å²) in [4.78, 5) is 0. The van der Waals surface area contributed by atoms with Crippen molar-refractivity contribution < 1.29 is 9.84 Å². The lowest BCUT2D eigenvalue weighted by Crippen LogP contribution is -2.25. The third-order valence-electron chi connectivity index (χ3n) is 1.30. The van der Waals surface area contributed by atoms with Gasteiger partial charge in [0.2, 0.25) is 0 Å². The Morgan fingerprint density at radius 2 is 2.50 bits per heavy atom. The minimum absolute atomic E-state index is 0.387. The lowest BCUT2D eigenvalue weighted by molar-refractivity contribution is -0.0477. The van der Waals surface area contributed by atoms with Crippen molar-refractivity contribution in [1.82, 2.24) is 0 Å². The van der Waals surface area contributed by atoms with Gasteiger partial charge in [-0.05, 0) is 18.9 Å². The maximum Gasteiger partial charge on any atom is 0.0752 e. The molecular weight excluding hydrogens is 104 g/mol. The van der Waals surface area contributed by atoms with Crippen molar-refractivity contribution in [1.29, 1.82) is 0 Å². The van der Waals surface area contributed by atoms with Gasteiger partial charge in [0.15, 0.2) is 0 Å². The predicted molar refractivity (Wildman–Crippen MR) is 30.7 cm³/mol. The Bertz CT molecular complexity index is 84.5. The molecule has 46 valence electrons. The van der Waals surface area contributed by atoms with Crippen LogP contribution in [0.4, 0.5) is 0 Å². The largest absolute Gasteiger partial charge is 0.516 e. The van der Waals surface area contributed by atoms with Crippen molar-refractivity contribution in [2.75, 3.05) is 6.61 Å². The first-order valence-corrected chi connectivity index (χ1v) is 2.84. The summed E-state index contributed by atoms with van der Waals surface area (Å²) in [6.45, 7) is 0.893. The Morgan fingerprint density at radius 3 is 2.88 bits per heavy atom. The van der Waals surface area contributed by atoms with E-state index >= 15 is 0 Å². The molecule has 1 unspecified atom stereocenters. The molecule has 0 aliphatic carbocycles. The monoisotopic (exact) mass is 114 g/mol. The highest BCUT2D eigenvalue weighted by Crippen LogP contribution is 2.14. The number of ether oxygens (including phenoxy) is 1. The zero-order valence-corrected chi connectivity index (χ0v) is 4.71. The molecule has 1 N–H and O–H groups in total. The molecule has 0 radical (unpaired) electrons. The molecule has 0 saturated carbocycles. The molecule has 8 heavy (non-hydrogen) atoms. The number of aliphatic hydroxyl groups excluding tert-OH is 1. The van der Waals surface area contributed by atoms with Crippen LogP contribution >= 0.6 is 0 Å². The van der Waals surface area contributed by atoms with E-state index in [-0.39, 0.29) is 0 Å². The molecule has 1 aliphatic rings. The molecule has 1 fully saturated rings. The van der Waals surface area contributed by atoms with Gasteiger partial charge >= 0.3 is 0 Å². The lowest BCUT2D eigenvalue weighted by atomic mass is 10.1. The summed E-state index contributed by atoms with van der Waals surface area (Å²) in [6, 6.07) is 0. The van der Waals surface area contributed by atoms with Crippen molar-refractivity contribution in [3.63, 3.8) is 0 Å². The van der Waals surface area contributed by atoms with Crippen molar-refractivity contribution in [3.05, 3.63) is 12.3 Å². The van der Waals surface area contributed by atoms with Crippen LogP contribution in [0, 0.1) is 0 Å². The van der Waals surface area contributed by atoms with Gasteiger partial charge in [0.05, 0.1) is 12.4 Å². The summed E-state index contributed by atoms with van der Waals surface area (Å²) in [7, 11) is 0. The van der Waals surface area contributed by atoms with Gasteiger partial charge in [0.25, 0.3) is 0 Å². The van der Waals surface area contributed by atoms with Crippen LogP contribution < -0.4 is 0 Å². The predicted octanol–water partition coefficient (Wildman–Crippen LogP) is 1.24. The summed E-state index contributed by atoms with van der Waals surface area (Å²) in [5.74, 6) is 0. The first-order chi connectivity index (χ1) is 3.93. The van der Waals surface area contributed by atoms with Crippen LogP contribution in [0.5, 0.6) is 0 Å². The highest BCUT2D eigenvalue weighted by molar-refractivity contribution is 4.79. The van der Waals surface area contributed by atoms with E-state index in [0.717, 1.165) is 25.7 Å². The molecule has 0 spiro atoms. The van der Waals surface area contributed by atoms with Crippen LogP contribution in [0.25, 0.3) is 0 Å². The van der Waals surface area contributed by atoms with Gasteiger partial charge in [-0.2, -0.15) is 0 Å². The summed E-state index contributed by atoms with van der Waals surface area (Å²) in [5.41, 5.74) is 0. The van der Waals surface area contributed by atoms with E-state index in [2.05, 4.69) is 0 Å². The Hall–Kier alpha value is -0.500. The molecule has 1 atom stereocenters. The number of hydrogen-bond acceptors (Lipinski definition) is 2. The van der Waals surface area contributed by atoms with E-state index in [1.807, 2.05) is 0 Å². The Balaban J connectivity index is 2.01. The normalized spacial score (nSPS) is 28.2. The van der Waals surface area contributed by atoms with E-state index in [1.165, 1.54) is 0 Å². The van der Waals surface area contributed by atoms with Crippen LogP contribution in [-0.2, 0) is 4.74 Å². The van der Waals surface area contributed by atoms with E-state index in [4.69, 9.17) is 9.84 Å². The van der Waals surface area contributed by atoms with Crippen molar-refractivity contribution >= 4 is 0 Å². The van der Waals surface area contributed by atoms with Crippen LogP contribution in [-0.4, -0.2) is 17.8 Å². The average molecular weight is 114 g/mol. The van der Waals surface area contributed by atoms with Gasteiger partial charge in [0.1, 0.15) is 0 Å². The van der Waals surface area contributed by atoms with Crippen LogP contribution in [0.3, 0.4) is 0 Å². The Morgan fingerprint density at radius 1 is 1.75 bits per heavy atom. The zero-order valence-electron chi connectivity index (χ0n) is 4.71. The van der Waals surface area contributed by atoms with Crippen LogP contribution in [0.1, 0.15) is 12.8 Å². The summed E-state index contributed by atoms with van der Waals surface area (Å²) < 4.78 is 5.07. The fourth-order valence-electron chi connectivity index (χ4n) is 0.683. The first kappa shape index (κ1) is 5.63. The van der Waals surface area contributed by atoms with Gasteiger partial charge in [-0.3, -0.25) is 0 Å². The molecule has 1 aliphatic heterocycles. The van der Waals surface area contributed by atoms with Crippen LogP contribution in [0.2, 0.25) is 0 Å². The fraction of sp³-hybridized carbons (Fsp3) is 0.667. The Labute approximate surface area is 48.8 Å². The zero-order chi connectivity index (χ0) is 5.82. The second-order valence-corrected chi connectivity index (χ2v) is 1.90. The molecular formula is C6H10O2. The average Bonchev–Trinajstić information content (AvgIpc) is 1.63. The first-order valence-electron chi connectivity index (χ1n) is 2.84. The SMILES string of the molecule is OC=CCC1CCO1. The molecule has 0 amide bonds. The molecule has 2 nitrogen and oxygen atoms in total. The van der Waals surface area contributed by atoms with Crippen molar-refractivity contribution in [3.8, 4) is 0 Å². The molecule has 0 bridgehead atoms. The smallest absolute Gasteiger partial charge is 0.0752 e. The van der Waals surface area contributed by atoms with E-state index in [9.17, 15) is 0 Å². The quantitative estimate of drug-likeness (QED) is 0.547. The molecule has 2 heteroatoms. The highest BCUT2D eigenvalue weighted by Gasteiger charge is 2.15. The minimum atomic E-state index is 0.387. The summed E-state index contributed by atoms with van der Waals surface area (Å²) in [5, 5.41) is 8.20. The standard InChI is InChI=1S/C6H10O2/c7-4-1-2-6-3-5-8-6/h1,4,6-7H,2-3,5H2. The number of aliphatic hydroxyl groups is 1. The summed E-state index contributed by atoms with van der Waals surface area (Å²) >= 11 is 0. The van der Waals surface area contributed by atoms with Gasteiger partial charge in [-0.15, -0.1) is 0 Å². The maximum atomic E-state index is 8.20. The van der Waals surface area contributed by atoms with E-state index < -0.39 is 0 Å². The van der Waals surface area contributed by atoms with Gasteiger partial charge in [-0.25, -0.2) is 0 Å². The van der Waals surface area contributed by atoms with Gasteiger partial charge < -0.3 is 9.84 Å². The van der Waals surface area contributed by atoms with Gasteiger partial charge in [-0.1, -0.05) is 0 Å². The molecule has 1 heterocycles. The fourth-order valence-corrected chi connectivity index (χ4v) is 0.683. The minimum Gasteiger partial charge on any atom is -0.516 e. The molecule has 1 rings (SSSR count). The van der Waals surface area contributed by atoms with E-state index in [0.29, 0.717) is 6.10 Å². The second-order valence-electron chi connectivity index (χ2n) is 1.90. The molecule has 0 aromatic rings. The molecule has 0 aromatic heterocycles. The number of hydrogen-bond donors (Lipinski definition) is 1. The van der Waals surface area contributed by atoms with Crippen molar-refractivity contribution in [2.24, 2.45) is 0 Å². The van der Waals surface area contributed by atoms with Crippen LogP contribution in [0.15, 0.2) is 12.3 Å². The third-order valence-corrected chi connectivity index (χ3v) is 1.30. The summed E-state index contributed by atoms with van der Waals surface area (Å²) in [6.07, 6.45) is 5.17. The topological polar surface area (TPSA) is 29.5 Å².